The first-order valence-corrected chi connectivity index (χ1v) is 5.84. The third-order valence-corrected chi connectivity index (χ3v) is 2.55. The lowest BCUT2D eigenvalue weighted by Gasteiger charge is -2.04. The molecule has 0 atom stereocenters. The third kappa shape index (κ3) is 3.64. The highest BCUT2D eigenvalue weighted by Gasteiger charge is 2.04. The fourth-order valence-electron chi connectivity index (χ4n) is 1.32. The van der Waals surface area contributed by atoms with Crippen molar-refractivity contribution in [1.82, 2.24) is 9.97 Å². The molecular weight excluding hydrogens is 282 g/mol. The number of hydrogen-bond acceptors (Lipinski definition) is 3. The van der Waals surface area contributed by atoms with Gasteiger partial charge in [0.1, 0.15) is 4.60 Å². The normalized spacial score (nSPS) is 9.94. The zero-order valence-corrected chi connectivity index (χ0v) is 10.5. The number of pyridine rings is 2. The Morgan fingerprint density at radius 2 is 2.12 bits per heavy atom. The Morgan fingerprint density at radius 3 is 2.76 bits per heavy atom. The van der Waals surface area contributed by atoms with Crippen LogP contribution in [0.1, 0.15) is 5.69 Å². The van der Waals surface area contributed by atoms with E-state index >= 15 is 0 Å². The predicted molar refractivity (Wildman–Crippen MR) is 68.5 cm³/mol. The van der Waals surface area contributed by atoms with Crippen molar-refractivity contribution >= 4 is 27.5 Å². The second-order valence-electron chi connectivity index (χ2n) is 3.42. The van der Waals surface area contributed by atoms with Crippen LogP contribution < -0.4 is 5.32 Å². The van der Waals surface area contributed by atoms with Crippen LogP contribution in [0.25, 0.3) is 0 Å². The average molecular weight is 292 g/mol. The fourth-order valence-corrected chi connectivity index (χ4v) is 1.56. The number of hydrogen-bond donors (Lipinski definition) is 1. The Kier molecular flexibility index (Phi) is 3.82. The summed E-state index contributed by atoms with van der Waals surface area (Å²) in [6.45, 7) is 0. The number of rotatable bonds is 3. The summed E-state index contributed by atoms with van der Waals surface area (Å²) in [5.41, 5.74) is 1.42. The largest absolute Gasteiger partial charge is 0.324 e. The number of carbonyl (C=O) groups excluding carboxylic acids is 1. The lowest BCUT2D eigenvalue weighted by molar-refractivity contribution is -0.115. The molecule has 2 aromatic heterocycles. The van der Waals surface area contributed by atoms with E-state index in [1.807, 2.05) is 18.2 Å². The minimum absolute atomic E-state index is 0.104. The molecule has 0 fully saturated rings. The number of nitrogens with one attached hydrogen (secondary N) is 1. The van der Waals surface area contributed by atoms with Gasteiger partial charge in [0.15, 0.2) is 0 Å². The number of aromatic nitrogens is 2. The first-order chi connectivity index (χ1) is 8.24. The number of amides is 1. The van der Waals surface area contributed by atoms with E-state index in [1.165, 1.54) is 0 Å². The summed E-state index contributed by atoms with van der Waals surface area (Å²) in [4.78, 5) is 19.8. The number of anilines is 1. The van der Waals surface area contributed by atoms with E-state index in [0.29, 0.717) is 5.69 Å². The highest BCUT2D eigenvalue weighted by molar-refractivity contribution is 9.10. The van der Waals surface area contributed by atoms with Crippen molar-refractivity contribution in [1.29, 1.82) is 0 Å². The van der Waals surface area contributed by atoms with Gasteiger partial charge < -0.3 is 5.32 Å². The molecule has 0 saturated heterocycles. The molecule has 2 heterocycles. The summed E-state index contributed by atoms with van der Waals surface area (Å²) in [6, 6.07) is 9.06. The van der Waals surface area contributed by atoms with Crippen molar-refractivity contribution < 1.29 is 4.79 Å². The SMILES string of the molecule is O=C(Cc1ccccn1)Nc1ccc(Br)nc1. The molecule has 0 unspecified atom stereocenters. The van der Waals surface area contributed by atoms with Crippen molar-refractivity contribution in [3.05, 3.63) is 53.0 Å². The molecule has 1 N–H and O–H groups in total. The maximum absolute atomic E-state index is 11.7. The van der Waals surface area contributed by atoms with Gasteiger partial charge in [-0.25, -0.2) is 4.98 Å². The van der Waals surface area contributed by atoms with E-state index in [9.17, 15) is 4.79 Å². The predicted octanol–water partition coefficient (Wildman–Crippen LogP) is 2.42. The van der Waals surface area contributed by atoms with E-state index < -0.39 is 0 Å². The van der Waals surface area contributed by atoms with Crippen LogP contribution in [0.5, 0.6) is 0 Å². The molecule has 0 aliphatic rings. The van der Waals surface area contributed by atoms with Gasteiger partial charge >= 0.3 is 0 Å². The molecule has 0 radical (unpaired) electrons. The summed E-state index contributed by atoms with van der Waals surface area (Å²) >= 11 is 3.23. The second kappa shape index (κ2) is 5.54. The summed E-state index contributed by atoms with van der Waals surface area (Å²) in [5, 5.41) is 2.76. The highest BCUT2D eigenvalue weighted by atomic mass is 79.9. The van der Waals surface area contributed by atoms with E-state index in [1.54, 1.807) is 24.5 Å². The lowest BCUT2D eigenvalue weighted by atomic mass is 10.2. The van der Waals surface area contributed by atoms with Crippen molar-refractivity contribution in [3.63, 3.8) is 0 Å². The molecule has 86 valence electrons. The van der Waals surface area contributed by atoms with Gasteiger partial charge in [0.05, 0.1) is 18.3 Å². The Morgan fingerprint density at radius 1 is 1.24 bits per heavy atom. The summed E-state index contributed by atoms with van der Waals surface area (Å²) in [5.74, 6) is -0.104. The van der Waals surface area contributed by atoms with Gasteiger partial charge in [0.25, 0.3) is 0 Å². The fraction of sp³-hybridized carbons (Fsp3) is 0.0833. The molecule has 0 aliphatic heterocycles. The Balaban J connectivity index is 1.96. The van der Waals surface area contributed by atoms with Crippen LogP contribution in [0, 0.1) is 0 Å². The zero-order valence-electron chi connectivity index (χ0n) is 8.93. The maximum atomic E-state index is 11.7. The highest BCUT2D eigenvalue weighted by Crippen LogP contribution is 2.10. The quantitative estimate of drug-likeness (QED) is 0.884. The minimum Gasteiger partial charge on any atom is -0.324 e. The van der Waals surface area contributed by atoms with Crippen LogP contribution in [-0.2, 0) is 11.2 Å². The maximum Gasteiger partial charge on any atom is 0.230 e. The van der Waals surface area contributed by atoms with Crippen LogP contribution in [0.4, 0.5) is 5.69 Å². The van der Waals surface area contributed by atoms with Gasteiger partial charge in [-0.05, 0) is 40.2 Å². The van der Waals surface area contributed by atoms with Gasteiger partial charge in [0.2, 0.25) is 5.91 Å². The molecular formula is C12H10BrN3O. The Bertz CT molecular complexity index is 499. The molecule has 5 heteroatoms. The molecule has 17 heavy (non-hydrogen) atoms. The van der Waals surface area contributed by atoms with Crippen molar-refractivity contribution in [2.45, 2.75) is 6.42 Å². The van der Waals surface area contributed by atoms with Crippen molar-refractivity contribution in [2.24, 2.45) is 0 Å². The first kappa shape index (κ1) is 11.7. The molecule has 2 aromatic rings. The van der Waals surface area contributed by atoms with Crippen LogP contribution in [0.2, 0.25) is 0 Å². The molecule has 0 aliphatic carbocycles. The number of carbonyl (C=O) groups is 1. The lowest BCUT2D eigenvalue weighted by Crippen LogP contribution is -2.15. The van der Waals surface area contributed by atoms with E-state index in [-0.39, 0.29) is 12.3 Å². The topological polar surface area (TPSA) is 54.9 Å². The number of nitrogens with zero attached hydrogens (tertiary/aromatic N) is 2. The van der Waals surface area contributed by atoms with Crippen molar-refractivity contribution in [2.75, 3.05) is 5.32 Å². The molecule has 0 aromatic carbocycles. The molecule has 4 nitrogen and oxygen atoms in total. The third-order valence-electron chi connectivity index (χ3n) is 2.08. The first-order valence-electron chi connectivity index (χ1n) is 5.05. The summed E-state index contributed by atoms with van der Waals surface area (Å²) < 4.78 is 0.736. The smallest absolute Gasteiger partial charge is 0.230 e. The van der Waals surface area contributed by atoms with E-state index in [4.69, 9.17) is 0 Å². The summed E-state index contributed by atoms with van der Waals surface area (Å²) in [7, 11) is 0. The standard InChI is InChI=1S/C12H10BrN3O/c13-11-5-4-10(8-15-11)16-12(17)7-9-3-1-2-6-14-9/h1-6,8H,7H2,(H,16,17). The van der Waals surface area contributed by atoms with Crippen LogP contribution in [0.15, 0.2) is 47.3 Å². The van der Waals surface area contributed by atoms with Crippen LogP contribution >= 0.6 is 15.9 Å². The molecule has 0 bridgehead atoms. The Labute approximate surface area is 107 Å². The van der Waals surface area contributed by atoms with E-state index in [2.05, 4.69) is 31.2 Å². The van der Waals surface area contributed by atoms with Crippen LogP contribution in [-0.4, -0.2) is 15.9 Å². The Hall–Kier alpha value is -1.75. The zero-order chi connectivity index (χ0) is 12.1. The average Bonchev–Trinajstić information content (AvgIpc) is 2.33. The summed E-state index contributed by atoms with van der Waals surface area (Å²) in [6.07, 6.45) is 3.53. The molecule has 0 saturated carbocycles. The molecule has 1 amide bonds. The van der Waals surface area contributed by atoms with Crippen molar-refractivity contribution in [3.8, 4) is 0 Å². The minimum atomic E-state index is -0.104. The molecule has 2 rings (SSSR count). The number of halogens is 1. The van der Waals surface area contributed by atoms with E-state index in [0.717, 1.165) is 10.3 Å². The monoisotopic (exact) mass is 291 g/mol. The van der Waals surface area contributed by atoms with Gasteiger partial charge in [-0.1, -0.05) is 6.07 Å². The van der Waals surface area contributed by atoms with Gasteiger partial charge in [-0.3, -0.25) is 9.78 Å². The van der Waals surface area contributed by atoms with Gasteiger partial charge in [-0.2, -0.15) is 0 Å². The van der Waals surface area contributed by atoms with Crippen LogP contribution in [0.3, 0.4) is 0 Å². The molecule has 0 spiro atoms. The van der Waals surface area contributed by atoms with Gasteiger partial charge in [-0.15, -0.1) is 0 Å². The van der Waals surface area contributed by atoms with Gasteiger partial charge in [0, 0.05) is 11.9 Å². The second-order valence-corrected chi connectivity index (χ2v) is 4.23.